The molecule has 1 aliphatic heterocycles. The third-order valence-corrected chi connectivity index (χ3v) is 6.35. The number of fused-ring (bicyclic) bond motifs is 1. The number of esters is 1. The molecule has 1 aromatic carbocycles. The summed E-state index contributed by atoms with van der Waals surface area (Å²) in [5.41, 5.74) is 0.889. The maximum atomic E-state index is 12.7. The fraction of sp³-hybridized carbons (Fsp3) is 0.450. The van der Waals surface area contributed by atoms with E-state index in [4.69, 9.17) is 4.74 Å². The maximum absolute atomic E-state index is 12.7. The van der Waals surface area contributed by atoms with Gasteiger partial charge >= 0.3 is 5.97 Å². The molecule has 6 nitrogen and oxygen atoms in total. The Morgan fingerprint density at radius 2 is 2.00 bits per heavy atom. The standard InChI is InChI=1S/C20H22N2O4S/c23-18-15(9-14-7-3-4-8-16(14)21-18)10-26-20(25)17-11-27-12-22(17)19(24)13-5-1-2-6-13/h3-4,7-9,13,17H,1-2,5-6,10-12H2,(H,21,23)/t17-/m1/s1. The quantitative estimate of drug-likeness (QED) is 0.818. The number of carbonyl (C=O) groups is 2. The molecular formula is C20H22N2O4S. The first-order chi connectivity index (χ1) is 13.1. The van der Waals surface area contributed by atoms with Crippen LogP contribution in [0.15, 0.2) is 35.1 Å². The van der Waals surface area contributed by atoms with Crippen molar-refractivity contribution in [2.45, 2.75) is 38.3 Å². The Bertz CT molecular complexity index is 920. The molecule has 0 unspecified atom stereocenters. The van der Waals surface area contributed by atoms with Crippen molar-refractivity contribution in [1.29, 1.82) is 0 Å². The lowest BCUT2D eigenvalue weighted by molar-refractivity contribution is -0.155. The smallest absolute Gasteiger partial charge is 0.330 e. The molecule has 0 radical (unpaired) electrons. The van der Waals surface area contributed by atoms with Gasteiger partial charge in [-0.3, -0.25) is 9.59 Å². The van der Waals surface area contributed by atoms with Crippen molar-refractivity contribution in [3.63, 3.8) is 0 Å². The summed E-state index contributed by atoms with van der Waals surface area (Å²) in [4.78, 5) is 41.9. The Balaban J connectivity index is 1.43. The van der Waals surface area contributed by atoms with Crippen molar-refractivity contribution >= 4 is 34.5 Å². The summed E-state index contributed by atoms with van der Waals surface area (Å²) in [5, 5.41) is 0.887. The molecule has 142 valence electrons. The number of carbonyl (C=O) groups excluding carboxylic acids is 2. The number of amides is 1. The van der Waals surface area contributed by atoms with Gasteiger partial charge in [0, 0.05) is 17.2 Å². The Morgan fingerprint density at radius 3 is 2.81 bits per heavy atom. The Kier molecular flexibility index (Phi) is 5.20. The summed E-state index contributed by atoms with van der Waals surface area (Å²) in [6, 6.07) is 8.65. The summed E-state index contributed by atoms with van der Waals surface area (Å²) in [5.74, 6) is 0.765. The minimum absolute atomic E-state index is 0.0438. The van der Waals surface area contributed by atoms with Crippen LogP contribution in [0.1, 0.15) is 31.2 Å². The minimum atomic E-state index is -0.553. The second-order valence-corrected chi connectivity index (χ2v) is 8.12. The number of rotatable bonds is 4. The van der Waals surface area contributed by atoms with E-state index in [1.165, 1.54) is 0 Å². The van der Waals surface area contributed by atoms with Gasteiger partial charge < -0.3 is 14.6 Å². The number of aromatic nitrogens is 1. The highest BCUT2D eigenvalue weighted by Gasteiger charge is 2.39. The number of ether oxygens (including phenoxy) is 1. The first-order valence-electron chi connectivity index (χ1n) is 9.29. The summed E-state index contributed by atoms with van der Waals surface area (Å²) in [6.45, 7) is -0.0916. The number of para-hydroxylation sites is 1. The van der Waals surface area contributed by atoms with E-state index >= 15 is 0 Å². The number of hydrogen-bond acceptors (Lipinski definition) is 5. The van der Waals surface area contributed by atoms with Crippen LogP contribution in [0.25, 0.3) is 10.9 Å². The van der Waals surface area contributed by atoms with Gasteiger partial charge in [0.15, 0.2) is 0 Å². The van der Waals surface area contributed by atoms with Gasteiger partial charge in [-0.15, -0.1) is 11.8 Å². The molecule has 1 saturated carbocycles. The van der Waals surface area contributed by atoms with Crippen LogP contribution in [0.3, 0.4) is 0 Å². The molecule has 2 aliphatic rings. The topological polar surface area (TPSA) is 79.5 Å². The van der Waals surface area contributed by atoms with E-state index < -0.39 is 12.0 Å². The minimum Gasteiger partial charge on any atom is -0.459 e. The normalized spacial score (nSPS) is 20.3. The van der Waals surface area contributed by atoms with Gasteiger partial charge in [0.2, 0.25) is 5.91 Å². The van der Waals surface area contributed by atoms with Crippen molar-refractivity contribution < 1.29 is 14.3 Å². The number of thioether (sulfide) groups is 1. The number of nitrogens with one attached hydrogen (secondary N) is 1. The molecule has 2 fully saturated rings. The largest absolute Gasteiger partial charge is 0.459 e. The molecule has 1 atom stereocenters. The fourth-order valence-corrected chi connectivity index (χ4v) is 4.96. The molecule has 1 saturated heterocycles. The predicted octanol–water partition coefficient (Wildman–Crippen LogP) is 2.66. The molecule has 1 N–H and O–H groups in total. The van der Waals surface area contributed by atoms with Gasteiger partial charge in [-0.1, -0.05) is 31.0 Å². The molecule has 1 aliphatic carbocycles. The lowest BCUT2D eigenvalue weighted by atomic mass is 10.1. The molecule has 4 rings (SSSR count). The van der Waals surface area contributed by atoms with Crippen LogP contribution in [0.5, 0.6) is 0 Å². The first-order valence-corrected chi connectivity index (χ1v) is 10.4. The zero-order valence-electron chi connectivity index (χ0n) is 15.0. The number of aromatic amines is 1. The van der Waals surface area contributed by atoms with Crippen LogP contribution in [-0.2, 0) is 20.9 Å². The average Bonchev–Trinajstić information content (AvgIpc) is 3.37. The van der Waals surface area contributed by atoms with E-state index in [2.05, 4.69) is 4.98 Å². The van der Waals surface area contributed by atoms with Crippen LogP contribution in [0, 0.1) is 5.92 Å². The molecule has 1 amide bonds. The Hall–Kier alpha value is -2.28. The van der Waals surface area contributed by atoms with E-state index in [-0.39, 0.29) is 24.0 Å². The summed E-state index contributed by atoms with van der Waals surface area (Å²) in [6.07, 6.45) is 3.98. The zero-order valence-corrected chi connectivity index (χ0v) is 15.8. The number of benzene rings is 1. The molecular weight excluding hydrogens is 364 g/mol. The van der Waals surface area contributed by atoms with E-state index in [0.717, 1.165) is 36.6 Å². The molecule has 0 spiro atoms. The van der Waals surface area contributed by atoms with Crippen molar-refractivity contribution in [1.82, 2.24) is 9.88 Å². The van der Waals surface area contributed by atoms with E-state index in [9.17, 15) is 14.4 Å². The maximum Gasteiger partial charge on any atom is 0.330 e. The number of nitrogens with zero attached hydrogens (tertiary/aromatic N) is 1. The number of hydrogen-bond donors (Lipinski definition) is 1. The highest BCUT2D eigenvalue weighted by molar-refractivity contribution is 7.99. The molecule has 7 heteroatoms. The van der Waals surface area contributed by atoms with Crippen LogP contribution in [0.4, 0.5) is 0 Å². The number of pyridine rings is 1. The van der Waals surface area contributed by atoms with Crippen LogP contribution >= 0.6 is 11.8 Å². The van der Waals surface area contributed by atoms with Gasteiger partial charge in [0.1, 0.15) is 12.6 Å². The zero-order chi connectivity index (χ0) is 18.8. The van der Waals surface area contributed by atoms with Gasteiger partial charge in [-0.25, -0.2) is 4.79 Å². The van der Waals surface area contributed by atoms with E-state index in [0.29, 0.717) is 17.2 Å². The highest BCUT2D eigenvalue weighted by atomic mass is 32.2. The lowest BCUT2D eigenvalue weighted by Crippen LogP contribution is -2.45. The summed E-state index contributed by atoms with van der Waals surface area (Å²) >= 11 is 1.57. The van der Waals surface area contributed by atoms with Crippen molar-refractivity contribution in [2.75, 3.05) is 11.6 Å². The SMILES string of the molecule is O=C(OCc1cc2ccccc2[nH]c1=O)[C@H]1CSCN1C(=O)C1CCCC1. The second-order valence-electron chi connectivity index (χ2n) is 7.12. The first kappa shape index (κ1) is 18.1. The van der Waals surface area contributed by atoms with Crippen molar-refractivity contribution in [2.24, 2.45) is 5.92 Å². The Morgan fingerprint density at radius 1 is 1.22 bits per heavy atom. The third kappa shape index (κ3) is 3.74. The second kappa shape index (κ2) is 7.76. The van der Waals surface area contributed by atoms with Crippen molar-refractivity contribution in [3.8, 4) is 0 Å². The van der Waals surface area contributed by atoms with Crippen LogP contribution in [0.2, 0.25) is 0 Å². The van der Waals surface area contributed by atoms with Crippen LogP contribution in [-0.4, -0.2) is 39.4 Å². The van der Waals surface area contributed by atoms with Crippen LogP contribution < -0.4 is 5.56 Å². The van der Waals surface area contributed by atoms with Gasteiger partial charge in [-0.2, -0.15) is 0 Å². The molecule has 2 aromatic rings. The van der Waals surface area contributed by atoms with Gasteiger partial charge in [0.05, 0.1) is 11.4 Å². The number of H-pyrrole nitrogens is 1. The van der Waals surface area contributed by atoms with Gasteiger partial charge in [-0.05, 0) is 30.4 Å². The molecule has 2 heterocycles. The predicted molar refractivity (Wildman–Crippen MR) is 104 cm³/mol. The summed E-state index contributed by atoms with van der Waals surface area (Å²) < 4.78 is 5.42. The van der Waals surface area contributed by atoms with Gasteiger partial charge in [0.25, 0.3) is 5.56 Å². The summed E-state index contributed by atoms with van der Waals surface area (Å²) in [7, 11) is 0. The van der Waals surface area contributed by atoms with E-state index in [1.807, 2.05) is 24.3 Å². The van der Waals surface area contributed by atoms with E-state index in [1.54, 1.807) is 22.7 Å². The lowest BCUT2D eigenvalue weighted by Gasteiger charge is -2.25. The Labute approximate surface area is 161 Å². The molecule has 1 aromatic heterocycles. The van der Waals surface area contributed by atoms with Crippen molar-refractivity contribution in [3.05, 3.63) is 46.2 Å². The monoisotopic (exact) mass is 386 g/mol. The fourth-order valence-electron chi connectivity index (χ4n) is 3.81. The molecule has 27 heavy (non-hydrogen) atoms. The third-order valence-electron chi connectivity index (χ3n) is 5.34. The highest BCUT2D eigenvalue weighted by Crippen LogP contribution is 2.31. The average molecular weight is 386 g/mol. The molecule has 0 bridgehead atoms.